The molecule has 0 amide bonds. The average molecular weight is 264 g/mol. The Morgan fingerprint density at radius 2 is 2.42 bits per heavy atom. The Hall–Kier alpha value is -1.13. The summed E-state index contributed by atoms with van der Waals surface area (Å²) in [4.78, 5) is 4.35. The number of rotatable bonds is 7. The number of hydrogen-bond donors (Lipinski definition) is 1. The molecular weight excluding hydrogens is 240 g/mol. The minimum Gasteiger partial charge on any atom is -0.492 e. The van der Waals surface area contributed by atoms with Crippen molar-refractivity contribution in [2.75, 3.05) is 13.2 Å². The van der Waals surface area contributed by atoms with Crippen LogP contribution in [-0.4, -0.2) is 30.3 Å². The molecule has 2 unspecified atom stereocenters. The van der Waals surface area contributed by atoms with Crippen molar-refractivity contribution in [3.63, 3.8) is 0 Å². The maximum Gasteiger partial charge on any atom is 0.137 e. The van der Waals surface area contributed by atoms with E-state index in [0.29, 0.717) is 6.10 Å². The van der Waals surface area contributed by atoms with Crippen molar-refractivity contribution in [2.24, 2.45) is 5.73 Å². The lowest BCUT2D eigenvalue weighted by atomic mass is 10.1. The summed E-state index contributed by atoms with van der Waals surface area (Å²) in [7, 11) is 0. The fraction of sp³-hybridized carbons (Fsp3) is 0.667. The summed E-state index contributed by atoms with van der Waals surface area (Å²) >= 11 is 0. The third-order valence-corrected chi connectivity index (χ3v) is 3.29. The number of ether oxygens (including phenoxy) is 2. The third kappa shape index (κ3) is 5.17. The van der Waals surface area contributed by atoms with E-state index in [-0.39, 0.29) is 6.04 Å². The first-order chi connectivity index (χ1) is 9.24. The number of aromatic nitrogens is 1. The van der Waals surface area contributed by atoms with Crippen molar-refractivity contribution in [1.82, 2.24) is 4.98 Å². The molecule has 2 N–H and O–H groups in total. The zero-order chi connectivity index (χ0) is 13.5. The van der Waals surface area contributed by atoms with Crippen molar-refractivity contribution in [3.8, 4) is 5.75 Å². The highest BCUT2D eigenvalue weighted by Crippen LogP contribution is 2.17. The monoisotopic (exact) mass is 264 g/mol. The van der Waals surface area contributed by atoms with Crippen LogP contribution in [0.15, 0.2) is 18.3 Å². The molecule has 1 saturated heterocycles. The van der Waals surface area contributed by atoms with Gasteiger partial charge in [0.05, 0.1) is 18.9 Å². The molecule has 2 rings (SSSR count). The fourth-order valence-electron chi connectivity index (χ4n) is 2.32. The molecule has 2 heterocycles. The molecule has 0 aromatic carbocycles. The van der Waals surface area contributed by atoms with E-state index in [1.807, 2.05) is 19.1 Å². The second kappa shape index (κ2) is 7.46. The summed E-state index contributed by atoms with van der Waals surface area (Å²) in [6.45, 7) is 3.64. The Balaban J connectivity index is 1.65. The Morgan fingerprint density at radius 3 is 3.05 bits per heavy atom. The van der Waals surface area contributed by atoms with E-state index in [9.17, 15) is 0 Å². The van der Waals surface area contributed by atoms with Crippen molar-refractivity contribution >= 4 is 0 Å². The SMILES string of the molecule is CC(N)Cc1ccc(OCCCC2CCCO2)cn1. The van der Waals surface area contributed by atoms with Crippen LogP contribution in [0.25, 0.3) is 0 Å². The Bertz CT molecular complexity index is 359. The standard InChI is InChI=1S/C15H24N2O2/c1-12(16)10-13-6-7-15(11-17-13)19-9-3-5-14-4-2-8-18-14/h6-7,11-12,14H,2-5,8-10,16H2,1H3. The summed E-state index contributed by atoms with van der Waals surface area (Å²) in [5.41, 5.74) is 6.75. The third-order valence-electron chi connectivity index (χ3n) is 3.29. The van der Waals surface area contributed by atoms with Crippen LogP contribution in [0.4, 0.5) is 0 Å². The van der Waals surface area contributed by atoms with Crippen LogP contribution in [0, 0.1) is 0 Å². The van der Waals surface area contributed by atoms with Gasteiger partial charge in [0.1, 0.15) is 5.75 Å². The van der Waals surface area contributed by atoms with Gasteiger partial charge in [-0.1, -0.05) is 0 Å². The largest absolute Gasteiger partial charge is 0.492 e. The molecular formula is C15H24N2O2. The molecule has 0 aliphatic carbocycles. The predicted molar refractivity (Wildman–Crippen MR) is 75.3 cm³/mol. The molecule has 0 radical (unpaired) electrons. The Kier molecular flexibility index (Phi) is 5.61. The van der Waals surface area contributed by atoms with E-state index in [1.54, 1.807) is 6.20 Å². The molecule has 0 bridgehead atoms. The smallest absolute Gasteiger partial charge is 0.137 e. The van der Waals surface area contributed by atoms with Crippen LogP contribution < -0.4 is 10.5 Å². The molecule has 1 aliphatic rings. The summed E-state index contributed by atoms with van der Waals surface area (Å²) < 4.78 is 11.3. The molecule has 4 nitrogen and oxygen atoms in total. The maximum atomic E-state index is 5.74. The van der Waals surface area contributed by atoms with Crippen molar-refractivity contribution in [1.29, 1.82) is 0 Å². The lowest BCUT2D eigenvalue weighted by Gasteiger charge is -2.10. The molecule has 4 heteroatoms. The first kappa shape index (κ1) is 14.3. The van der Waals surface area contributed by atoms with Gasteiger partial charge in [-0.25, -0.2) is 0 Å². The summed E-state index contributed by atoms with van der Waals surface area (Å²) in [6.07, 6.45) is 7.57. The molecule has 1 aromatic rings. The van der Waals surface area contributed by atoms with Crippen LogP contribution in [0.2, 0.25) is 0 Å². The van der Waals surface area contributed by atoms with Gasteiger partial charge < -0.3 is 15.2 Å². The molecule has 1 aromatic heterocycles. The molecule has 0 saturated carbocycles. The summed E-state index contributed by atoms with van der Waals surface area (Å²) in [6, 6.07) is 4.10. The number of pyridine rings is 1. The van der Waals surface area contributed by atoms with E-state index in [0.717, 1.165) is 43.9 Å². The van der Waals surface area contributed by atoms with Gasteiger partial charge in [0.25, 0.3) is 0 Å². The molecule has 1 aliphatic heterocycles. The van der Waals surface area contributed by atoms with E-state index in [2.05, 4.69) is 4.98 Å². The number of hydrogen-bond acceptors (Lipinski definition) is 4. The Labute approximate surface area is 115 Å². The minimum absolute atomic E-state index is 0.144. The minimum atomic E-state index is 0.144. The highest BCUT2D eigenvalue weighted by atomic mass is 16.5. The van der Waals surface area contributed by atoms with Gasteiger partial charge in [0.15, 0.2) is 0 Å². The van der Waals surface area contributed by atoms with Crippen LogP contribution in [-0.2, 0) is 11.2 Å². The first-order valence-electron chi connectivity index (χ1n) is 7.19. The first-order valence-corrected chi connectivity index (χ1v) is 7.19. The van der Waals surface area contributed by atoms with E-state index < -0.39 is 0 Å². The van der Waals surface area contributed by atoms with E-state index in [1.165, 1.54) is 12.8 Å². The molecule has 19 heavy (non-hydrogen) atoms. The van der Waals surface area contributed by atoms with Gasteiger partial charge in [0.2, 0.25) is 0 Å². The summed E-state index contributed by atoms with van der Waals surface area (Å²) in [5.74, 6) is 0.834. The summed E-state index contributed by atoms with van der Waals surface area (Å²) in [5, 5.41) is 0. The normalized spacial score (nSPS) is 20.4. The van der Waals surface area contributed by atoms with E-state index >= 15 is 0 Å². The quantitative estimate of drug-likeness (QED) is 0.768. The van der Waals surface area contributed by atoms with Gasteiger partial charge in [-0.15, -0.1) is 0 Å². The second-order valence-electron chi connectivity index (χ2n) is 5.29. The van der Waals surface area contributed by atoms with Gasteiger partial charge in [0, 0.05) is 24.8 Å². The lowest BCUT2D eigenvalue weighted by Crippen LogP contribution is -2.18. The zero-order valence-corrected chi connectivity index (χ0v) is 11.7. The molecule has 0 spiro atoms. The van der Waals surface area contributed by atoms with Crippen LogP contribution in [0.5, 0.6) is 5.75 Å². The molecule has 106 valence electrons. The fourth-order valence-corrected chi connectivity index (χ4v) is 2.32. The van der Waals surface area contributed by atoms with Gasteiger partial charge in [-0.3, -0.25) is 4.98 Å². The maximum absolute atomic E-state index is 5.74. The van der Waals surface area contributed by atoms with Gasteiger partial charge in [-0.05, 0) is 44.7 Å². The second-order valence-corrected chi connectivity index (χ2v) is 5.29. The van der Waals surface area contributed by atoms with Gasteiger partial charge >= 0.3 is 0 Å². The zero-order valence-electron chi connectivity index (χ0n) is 11.7. The van der Waals surface area contributed by atoms with E-state index in [4.69, 9.17) is 15.2 Å². The number of nitrogens with two attached hydrogens (primary N) is 1. The molecule has 2 atom stereocenters. The van der Waals surface area contributed by atoms with Crippen LogP contribution in [0.1, 0.15) is 38.3 Å². The predicted octanol–water partition coefficient (Wildman–Crippen LogP) is 2.31. The van der Waals surface area contributed by atoms with Crippen LogP contribution in [0.3, 0.4) is 0 Å². The van der Waals surface area contributed by atoms with Crippen molar-refractivity contribution < 1.29 is 9.47 Å². The lowest BCUT2D eigenvalue weighted by molar-refractivity contribution is 0.0981. The topological polar surface area (TPSA) is 57.4 Å². The average Bonchev–Trinajstić information content (AvgIpc) is 2.89. The number of nitrogens with zero attached hydrogens (tertiary/aromatic N) is 1. The van der Waals surface area contributed by atoms with Crippen LogP contribution >= 0.6 is 0 Å². The van der Waals surface area contributed by atoms with Crippen molar-refractivity contribution in [2.45, 2.75) is 51.2 Å². The van der Waals surface area contributed by atoms with Crippen molar-refractivity contribution in [3.05, 3.63) is 24.0 Å². The Morgan fingerprint density at radius 1 is 1.53 bits per heavy atom. The van der Waals surface area contributed by atoms with Gasteiger partial charge in [-0.2, -0.15) is 0 Å². The molecule has 1 fully saturated rings. The highest BCUT2D eigenvalue weighted by molar-refractivity contribution is 5.20. The highest BCUT2D eigenvalue weighted by Gasteiger charge is 2.14.